The van der Waals surface area contributed by atoms with Crippen molar-refractivity contribution < 1.29 is 14.3 Å². The fraction of sp³-hybridized carbons (Fsp3) is 0.294. The number of hydrogen-bond donors (Lipinski definition) is 3. The molecule has 3 aromatic carbocycles. The van der Waals surface area contributed by atoms with Crippen LogP contribution in [0, 0.1) is 6.92 Å². The number of nitrogens with one attached hydrogen (secondary N) is 2. The molecule has 0 saturated carbocycles. The number of anilines is 4. The highest BCUT2D eigenvalue weighted by molar-refractivity contribution is 6.05. The zero-order valence-electron chi connectivity index (χ0n) is 25.7. The van der Waals surface area contributed by atoms with Gasteiger partial charge in [0.15, 0.2) is 12.0 Å². The third-order valence-corrected chi connectivity index (χ3v) is 7.85. The minimum atomic E-state index is -0.795. The SMILES string of the molecule is Cc1c(NC(=O)c2ccc(C(C)(C)C)cc2)cccc1-c1cn(C)c(=O)c(Nc2ccc(N3CCCC3OC(N)=O)cc2)n1. The van der Waals surface area contributed by atoms with E-state index in [0.29, 0.717) is 29.1 Å². The number of benzene rings is 3. The number of amides is 2. The molecule has 1 aliphatic rings. The van der Waals surface area contributed by atoms with Gasteiger partial charge >= 0.3 is 6.09 Å². The maximum atomic E-state index is 13.1. The van der Waals surface area contributed by atoms with E-state index < -0.39 is 12.3 Å². The standard InChI is InChI=1S/C34H38N6O4/c1-21-26(8-6-9-27(21)38-31(41)22-11-13-23(14-12-22)34(2,3)4)28-20-39(5)32(42)30(37-28)36-24-15-17-25(18-16-24)40-19-7-10-29(40)44-33(35)43/h6,8-9,11-18,20,29H,7,10,19H2,1-5H3,(H2,35,43)(H,36,37)(H,38,41). The summed E-state index contributed by atoms with van der Waals surface area (Å²) in [7, 11) is 1.68. The van der Waals surface area contributed by atoms with E-state index in [1.165, 1.54) is 4.57 Å². The van der Waals surface area contributed by atoms with Crippen LogP contribution in [-0.2, 0) is 17.2 Å². The van der Waals surface area contributed by atoms with Gasteiger partial charge in [-0.1, -0.05) is 45.0 Å². The van der Waals surface area contributed by atoms with Gasteiger partial charge < -0.3 is 30.6 Å². The van der Waals surface area contributed by atoms with Gasteiger partial charge in [-0.15, -0.1) is 0 Å². The first-order valence-electron chi connectivity index (χ1n) is 14.6. The lowest BCUT2D eigenvalue weighted by molar-refractivity contribution is 0.102. The molecule has 1 aliphatic heterocycles. The first-order valence-corrected chi connectivity index (χ1v) is 14.6. The van der Waals surface area contributed by atoms with E-state index in [2.05, 4.69) is 36.4 Å². The molecule has 10 nitrogen and oxygen atoms in total. The zero-order valence-corrected chi connectivity index (χ0v) is 25.7. The Hall–Kier alpha value is -5.12. The molecular formula is C34H38N6O4. The van der Waals surface area contributed by atoms with Gasteiger partial charge in [-0.2, -0.15) is 0 Å². The molecule has 2 heterocycles. The Morgan fingerprint density at radius 2 is 1.73 bits per heavy atom. The number of ether oxygens (including phenoxy) is 1. The van der Waals surface area contributed by atoms with E-state index in [1.807, 2.05) is 78.6 Å². The van der Waals surface area contributed by atoms with Crippen LogP contribution in [0.2, 0.25) is 0 Å². The molecule has 0 spiro atoms. The molecule has 44 heavy (non-hydrogen) atoms. The summed E-state index contributed by atoms with van der Waals surface area (Å²) in [6.45, 7) is 9.07. The predicted octanol–water partition coefficient (Wildman–Crippen LogP) is 6.07. The second kappa shape index (κ2) is 12.2. The highest BCUT2D eigenvalue weighted by Gasteiger charge is 2.27. The van der Waals surface area contributed by atoms with Crippen LogP contribution >= 0.6 is 0 Å². The van der Waals surface area contributed by atoms with Crippen molar-refractivity contribution in [1.29, 1.82) is 0 Å². The molecule has 0 aliphatic carbocycles. The van der Waals surface area contributed by atoms with E-state index in [4.69, 9.17) is 10.5 Å². The van der Waals surface area contributed by atoms with Crippen molar-refractivity contribution in [2.24, 2.45) is 12.8 Å². The molecule has 5 rings (SSSR count). The molecule has 1 aromatic heterocycles. The second-order valence-corrected chi connectivity index (χ2v) is 12.0. The van der Waals surface area contributed by atoms with Gasteiger partial charge in [0, 0.05) is 54.4 Å². The van der Waals surface area contributed by atoms with Crippen LogP contribution in [0.1, 0.15) is 55.1 Å². The Balaban J connectivity index is 1.36. The average molecular weight is 595 g/mol. The number of nitrogens with two attached hydrogens (primary N) is 1. The van der Waals surface area contributed by atoms with Crippen LogP contribution in [0.3, 0.4) is 0 Å². The van der Waals surface area contributed by atoms with Gasteiger partial charge in [-0.05, 0) is 72.4 Å². The number of primary amides is 1. The van der Waals surface area contributed by atoms with Crippen molar-refractivity contribution in [3.05, 3.63) is 100.0 Å². The highest BCUT2D eigenvalue weighted by atomic mass is 16.6. The number of carbonyl (C=O) groups is 2. The Labute approximate surface area is 256 Å². The Morgan fingerprint density at radius 3 is 2.39 bits per heavy atom. The monoisotopic (exact) mass is 594 g/mol. The number of hydrogen-bond acceptors (Lipinski definition) is 7. The zero-order chi connectivity index (χ0) is 31.6. The summed E-state index contributed by atoms with van der Waals surface area (Å²) in [5.41, 5.74) is 11.1. The van der Waals surface area contributed by atoms with E-state index in [-0.39, 0.29) is 22.7 Å². The summed E-state index contributed by atoms with van der Waals surface area (Å²) >= 11 is 0. The van der Waals surface area contributed by atoms with Crippen LogP contribution in [0.4, 0.5) is 27.7 Å². The van der Waals surface area contributed by atoms with E-state index in [0.717, 1.165) is 35.3 Å². The summed E-state index contributed by atoms with van der Waals surface area (Å²) in [5, 5.41) is 6.18. The molecule has 1 atom stereocenters. The van der Waals surface area contributed by atoms with Gasteiger partial charge in [-0.3, -0.25) is 9.59 Å². The Kier molecular flexibility index (Phi) is 8.44. The third-order valence-electron chi connectivity index (χ3n) is 7.85. The normalized spacial score (nSPS) is 14.8. The predicted molar refractivity (Wildman–Crippen MR) is 174 cm³/mol. The van der Waals surface area contributed by atoms with Crippen LogP contribution in [0.15, 0.2) is 77.7 Å². The molecule has 1 saturated heterocycles. The van der Waals surface area contributed by atoms with Crippen molar-refractivity contribution in [2.45, 2.75) is 52.2 Å². The molecular weight excluding hydrogens is 556 g/mol. The lowest BCUT2D eigenvalue weighted by Gasteiger charge is -2.25. The van der Waals surface area contributed by atoms with E-state index in [9.17, 15) is 14.4 Å². The Morgan fingerprint density at radius 1 is 1.02 bits per heavy atom. The fourth-order valence-corrected chi connectivity index (χ4v) is 5.34. The van der Waals surface area contributed by atoms with Crippen molar-refractivity contribution in [3.8, 4) is 11.3 Å². The smallest absolute Gasteiger partial charge is 0.406 e. The lowest BCUT2D eigenvalue weighted by atomic mass is 9.86. The van der Waals surface area contributed by atoms with Crippen LogP contribution in [-0.4, -0.2) is 34.3 Å². The largest absolute Gasteiger partial charge is 0.426 e. The fourth-order valence-electron chi connectivity index (χ4n) is 5.34. The van der Waals surface area contributed by atoms with Crippen molar-refractivity contribution >= 4 is 34.9 Å². The van der Waals surface area contributed by atoms with Gasteiger partial charge in [-0.25, -0.2) is 9.78 Å². The maximum Gasteiger partial charge on any atom is 0.406 e. The number of carbonyl (C=O) groups excluding carboxylic acids is 2. The van der Waals surface area contributed by atoms with Gasteiger partial charge in [0.2, 0.25) is 0 Å². The summed E-state index contributed by atoms with van der Waals surface area (Å²) in [6, 6.07) is 20.7. The second-order valence-electron chi connectivity index (χ2n) is 12.0. The number of nitrogens with zero attached hydrogens (tertiary/aromatic N) is 3. The minimum absolute atomic E-state index is 0.000317. The molecule has 0 radical (unpaired) electrons. The molecule has 4 aromatic rings. The van der Waals surface area contributed by atoms with Gasteiger partial charge in [0.05, 0.1) is 5.69 Å². The summed E-state index contributed by atoms with van der Waals surface area (Å²) in [6.07, 6.45) is 2.09. The molecule has 4 N–H and O–H groups in total. The van der Waals surface area contributed by atoms with E-state index >= 15 is 0 Å². The quantitative estimate of drug-likeness (QED) is 0.237. The average Bonchev–Trinajstić information content (AvgIpc) is 3.44. The van der Waals surface area contributed by atoms with Crippen LogP contribution in [0.5, 0.6) is 0 Å². The van der Waals surface area contributed by atoms with Crippen molar-refractivity contribution in [1.82, 2.24) is 9.55 Å². The van der Waals surface area contributed by atoms with E-state index in [1.54, 1.807) is 13.2 Å². The summed E-state index contributed by atoms with van der Waals surface area (Å²) in [4.78, 5) is 44.1. The molecule has 1 fully saturated rings. The molecule has 228 valence electrons. The van der Waals surface area contributed by atoms with Gasteiger partial charge in [0.1, 0.15) is 0 Å². The molecule has 10 heteroatoms. The molecule has 0 bridgehead atoms. The van der Waals surface area contributed by atoms with Crippen LogP contribution < -0.4 is 26.8 Å². The lowest BCUT2D eigenvalue weighted by Crippen LogP contribution is -2.35. The topological polar surface area (TPSA) is 132 Å². The summed E-state index contributed by atoms with van der Waals surface area (Å²) < 4.78 is 6.72. The number of rotatable bonds is 7. The molecule has 2 amide bonds. The number of aryl methyl sites for hydroxylation is 1. The highest BCUT2D eigenvalue weighted by Crippen LogP contribution is 2.30. The maximum absolute atomic E-state index is 13.1. The Bertz CT molecular complexity index is 1740. The van der Waals surface area contributed by atoms with Crippen molar-refractivity contribution in [2.75, 3.05) is 22.1 Å². The van der Waals surface area contributed by atoms with Crippen LogP contribution in [0.25, 0.3) is 11.3 Å². The first kappa shape index (κ1) is 30.3. The minimum Gasteiger partial charge on any atom is -0.426 e. The first-order chi connectivity index (χ1) is 20.9. The van der Waals surface area contributed by atoms with Crippen molar-refractivity contribution in [3.63, 3.8) is 0 Å². The third kappa shape index (κ3) is 6.59. The summed E-state index contributed by atoms with van der Waals surface area (Å²) in [5.74, 6) is -0.0342. The van der Waals surface area contributed by atoms with Gasteiger partial charge in [0.25, 0.3) is 11.5 Å². The number of aromatic nitrogens is 2. The molecule has 1 unspecified atom stereocenters.